The predicted octanol–water partition coefficient (Wildman–Crippen LogP) is 0.342. The lowest BCUT2D eigenvalue weighted by Gasteiger charge is -2.41. The molecular formula is C16H34IN5O2. The van der Waals surface area contributed by atoms with Crippen molar-refractivity contribution in [2.75, 3.05) is 73.2 Å². The highest BCUT2D eigenvalue weighted by atomic mass is 127. The number of halogens is 1. The van der Waals surface area contributed by atoms with Crippen molar-refractivity contribution >= 4 is 29.9 Å². The Kier molecular flexibility index (Phi) is 10.4. The Labute approximate surface area is 163 Å². The summed E-state index contributed by atoms with van der Waals surface area (Å²) in [4.78, 5) is 9.28. The Hall–Kier alpha value is -0.160. The van der Waals surface area contributed by atoms with E-state index < -0.39 is 0 Å². The summed E-state index contributed by atoms with van der Waals surface area (Å²) in [7, 11) is 4.24. The van der Waals surface area contributed by atoms with E-state index in [9.17, 15) is 0 Å². The molecule has 0 saturated carbocycles. The quantitative estimate of drug-likeness (QED) is 0.250. The van der Waals surface area contributed by atoms with E-state index in [1.807, 2.05) is 0 Å². The van der Waals surface area contributed by atoms with Gasteiger partial charge in [0.2, 0.25) is 0 Å². The van der Waals surface area contributed by atoms with Gasteiger partial charge in [0.1, 0.15) is 0 Å². The van der Waals surface area contributed by atoms with Crippen LogP contribution in [0.15, 0.2) is 4.99 Å². The lowest BCUT2D eigenvalue weighted by atomic mass is 9.89. The zero-order chi connectivity index (χ0) is 16.5. The molecule has 142 valence electrons. The van der Waals surface area contributed by atoms with Crippen molar-refractivity contribution in [3.63, 3.8) is 0 Å². The van der Waals surface area contributed by atoms with Gasteiger partial charge in [-0.25, -0.2) is 0 Å². The normalized spacial score (nSPS) is 22.2. The van der Waals surface area contributed by atoms with Crippen LogP contribution in [0.25, 0.3) is 0 Å². The third-order valence-electron chi connectivity index (χ3n) is 4.98. The Balaban J connectivity index is 0.00000288. The molecule has 2 rings (SSSR count). The summed E-state index contributed by atoms with van der Waals surface area (Å²) in [6, 6.07) is 0. The molecule has 3 N–H and O–H groups in total. The Bertz CT molecular complexity index is 369. The van der Waals surface area contributed by atoms with Gasteiger partial charge in [-0.05, 0) is 39.9 Å². The maximum atomic E-state index is 6.02. The molecule has 0 aromatic carbocycles. The van der Waals surface area contributed by atoms with E-state index in [0.29, 0.717) is 5.96 Å². The molecule has 0 amide bonds. The van der Waals surface area contributed by atoms with Gasteiger partial charge in [-0.2, -0.15) is 0 Å². The van der Waals surface area contributed by atoms with Crippen LogP contribution < -0.4 is 11.1 Å². The van der Waals surface area contributed by atoms with Gasteiger partial charge in [0.15, 0.2) is 5.96 Å². The van der Waals surface area contributed by atoms with E-state index in [-0.39, 0.29) is 29.5 Å². The van der Waals surface area contributed by atoms with Crippen molar-refractivity contribution in [3.05, 3.63) is 0 Å². The number of ether oxygens (including phenoxy) is 2. The van der Waals surface area contributed by atoms with Crippen molar-refractivity contribution in [2.45, 2.75) is 24.8 Å². The molecule has 0 aliphatic carbocycles. The van der Waals surface area contributed by atoms with Crippen LogP contribution in [-0.4, -0.2) is 94.5 Å². The Morgan fingerprint density at radius 1 is 1.17 bits per heavy atom. The van der Waals surface area contributed by atoms with Crippen molar-refractivity contribution in [1.82, 2.24) is 15.1 Å². The number of aliphatic imine (C=N–C) groups is 1. The number of rotatable bonds is 7. The number of nitrogens with zero attached hydrogens (tertiary/aromatic N) is 3. The largest absolute Gasteiger partial charge is 0.381 e. The average Bonchev–Trinajstić information content (AvgIpc) is 2.58. The van der Waals surface area contributed by atoms with Gasteiger partial charge in [-0.3, -0.25) is 9.89 Å². The van der Waals surface area contributed by atoms with E-state index in [1.165, 1.54) is 0 Å². The summed E-state index contributed by atoms with van der Waals surface area (Å²) in [5, 5.41) is 3.24. The number of hydrogen-bond acceptors (Lipinski definition) is 5. The van der Waals surface area contributed by atoms with E-state index in [4.69, 9.17) is 15.2 Å². The number of likely N-dealkylation sites (N-methyl/N-ethyl adjacent to an activating group) is 1. The molecule has 2 heterocycles. The van der Waals surface area contributed by atoms with Crippen LogP contribution in [0.3, 0.4) is 0 Å². The van der Waals surface area contributed by atoms with Crippen LogP contribution in [0.4, 0.5) is 0 Å². The second-order valence-corrected chi connectivity index (χ2v) is 6.67. The maximum absolute atomic E-state index is 6.02. The van der Waals surface area contributed by atoms with Gasteiger partial charge >= 0.3 is 0 Å². The molecule has 24 heavy (non-hydrogen) atoms. The number of morpholine rings is 1. The summed E-state index contributed by atoms with van der Waals surface area (Å²) in [5.74, 6) is 0.555. The highest BCUT2D eigenvalue weighted by molar-refractivity contribution is 14.0. The van der Waals surface area contributed by atoms with Gasteiger partial charge in [0.05, 0.1) is 19.8 Å². The fraction of sp³-hybridized carbons (Fsp3) is 0.938. The molecule has 0 atom stereocenters. The van der Waals surface area contributed by atoms with E-state index >= 15 is 0 Å². The second kappa shape index (κ2) is 11.5. The van der Waals surface area contributed by atoms with Gasteiger partial charge in [0.25, 0.3) is 0 Å². The molecule has 0 radical (unpaired) electrons. The molecule has 0 spiro atoms. The topological polar surface area (TPSA) is 75.4 Å². The fourth-order valence-corrected chi connectivity index (χ4v) is 3.13. The van der Waals surface area contributed by atoms with Crippen molar-refractivity contribution in [1.29, 1.82) is 0 Å². The van der Waals surface area contributed by atoms with Crippen LogP contribution in [0, 0.1) is 0 Å². The van der Waals surface area contributed by atoms with Crippen LogP contribution in [0.5, 0.6) is 0 Å². The molecule has 2 fully saturated rings. The van der Waals surface area contributed by atoms with Gasteiger partial charge in [-0.1, -0.05) is 0 Å². The molecule has 7 nitrogen and oxygen atoms in total. The summed E-state index contributed by atoms with van der Waals surface area (Å²) >= 11 is 0. The minimum absolute atomic E-state index is 0. The second-order valence-electron chi connectivity index (χ2n) is 6.67. The molecule has 0 bridgehead atoms. The standard InChI is InChI=1S/C16H33N5O2.HI/c1-20(2)16(4-10-22-11-5-16)14-19-15(17)18-6-3-7-21-8-12-23-13-9-21;/h3-14H2,1-2H3,(H3,17,18,19);1H. The third kappa shape index (κ3) is 6.99. The summed E-state index contributed by atoms with van der Waals surface area (Å²) in [5.41, 5.74) is 6.11. The fourth-order valence-electron chi connectivity index (χ4n) is 3.13. The van der Waals surface area contributed by atoms with E-state index in [0.717, 1.165) is 78.4 Å². The molecule has 0 unspecified atom stereocenters. The van der Waals surface area contributed by atoms with Crippen LogP contribution in [0.2, 0.25) is 0 Å². The number of hydrogen-bond donors (Lipinski definition) is 2. The molecule has 0 aromatic rings. The first-order valence-electron chi connectivity index (χ1n) is 8.71. The number of nitrogens with one attached hydrogen (secondary N) is 1. The first-order valence-corrected chi connectivity index (χ1v) is 8.71. The molecule has 2 saturated heterocycles. The van der Waals surface area contributed by atoms with Crippen LogP contribution in [0.1, 0.15) is 19.3 Å². The Morgan fingerprint density at radius 3 is 2.42 bits per heavy atom. The number of nitrogens with two attached hydrogens (primary N) is 1. The lowest BCUT2D eigenvalue weighted by molar-refractivity contribution is -0.00252. The van der Waals surface area contributed by atoms with Crippen molar-refractivity contribution in [3.8, 4) is 0 Å². The summed E-state index contributed by atoms with van der Waals surface area (Å²) in [6.07, 6.45) is 3.09. The third-order valence-corrected chi connectivity index (χ3v) is 4.98. The highest BCUT2D eigenvalue weighted by Crippen LogP contribution is 2.26. The van der Waals surface area contributed by atoms with E-state index in [1.54, 1.807) is 0 Å². The molecular weight excluding hydrogens is 421 g/mol. The van der Waals surface area contributed by atoms with Gasteiger partial charge < -0.3 is 25.4 Å². The molecule has 0 aromatic heterocycles. The van der Waals surface area contributed by atoms with Gasteiger partial charge in [0, 0.05) is 38.4 Å². The molecule has 2 aliphatic heterocycles. The monoisotopic (exact) mass is 455 g/mol. The van der Waals surface area contributed by atoms with Crippen LogP contribution >= 0.6 is 24.0 Å². The maximum Gasteiger partial charge on any atom is 0.188 e. The average molecular weight is 455 g/mol. The van der Waals surface area contributed by atoms with Crippen molar-refractivity contribution in [2.24, 2.45) is 10.7 Å². The highest BCUT2D eigenvalue weighted by Gasteiger charge is 2.34. The summed E-state index contributed by atoms with van der Waals surface area (Å²) in [6.45, 7) is 8.08. The first kappa shape index (κ1) is 21.9. The molecule has 8 heteroatoms. The minimum atomic E-state index is 0. The molecule has 2 aliphatic rings. The van der Waals surface area contributed by atoms with E-state index in [2.05, 4.69) is 34.2 Å². The SMILES string of the molecule is CN(C)C1(CN=C(N)NCCCN2CCOCC2)CCOCC1.I. The number of guanidine groups is 1. The predicted molar refractivity (Wildman–Crippen MR) is 108 cm³/mol. The van der Waals surface area contributed by atoms with Gasteiger partial charge in [-0.15, -0.1) is 24.0 Å². The zero-order valence-electron chi connectivity index (χ0n) is 15.1. The van der Waals surface area contributed by atoms with Crippen LogP contribution in [-0.2, 0) is 9.47 Å². The summed E-state index contributed by atoms with van der Waals surface area (Å²) < 4.78 is 10.8. The zero-order valence-corrected chi connectivity index (χ0v) is 17.5. The lowest BCUT2D eigenvalue weighted by Crippen LogP contribution is -2.51. The minimum Gasteiger partial charge on any atom is -0.381 e. The Morgan fingerprint density at radius 2 is 1.79 bits per heavy atom. The first-order chi connectivity index (χ1) is 11.1. The smallest absolute Gasteiger partial charge is 0.188 e. The van der Waals surface area contributed by atoms with Crippen molar-refractivity contribution < 1.29 is 9.47 Å².